The SMILES string of the molecule is COc1ccc(C)cc1C(O)COc1c(N)cc(CO)cc1OC. The van der Waals surface area contributed by atoms with E-state index in [1.165, 1.54) is 7.11 Å². The Morgan fingerprint density at radius 3 is 2.42 bits per heavy atom. The van der Waals surface area contributed by atoms with Crippen LogP contribution < -0.4 is 19.9 Å². The first-order valence-electron chi connectivity index (χ1n) is 7.52. The number of ether oxygens (including phenoxy) is 3. The van der Waals surface area contributed by atoms with Gasteiger partial charge in [0, 0.05) is 5.56 Å². The standard InChI is InChI=1S/C18H23NO5/c1-11-4-5-16(22-2)13(6-11)15(21)10-24-18-14(19)7-12(9-20)8-17(18)23-3/h4-8,15,20-21H,9-10,19H2,1-3H3. The zero-order chi connectivity index (χ0) is 17.7. The fourth-order valence-electron chi connectivity index (χ4n) is 2.45. The molecule has 0 heterocycles. The van der Waals surface area contributed by atoms with Gasteiger partial charge in [-0.15, -0.1) is 0 Å². The van der Waals surface area contributed by atoms with Gasteiger partial charge in [-0.05, 0) is 36.8 Å². The second-order valence-electron chi connectivity index (χ2n) is 5.45. The maximum atomic E-state index is 10.4. The summed E-state index contributed by atoms with van der Waals surface area (Å²) in [5.41, 5.74) is 8.56. The van der Waals surface area contributed by atoms with E-state index in [1.54, 1.807) is 25.3 Å². The monoisotopic (exact) mass is 333 g/mol. The molecule has 0 amide bonds. The molecule has 6 nitrogen and oxygen atoms in total. The third-order valence-electron chi connectivity index (χ3n) is 3.68. The number of aliphatic hydroxyl groups excluding tert-OH is 2. The molecule has 6 heteroatoms. The van der Waals surface area contributed by atoms with Crippen molar-refractivity contribution >= 4 is 5.69 Å². The van der Waals surface area contributed by atoms with E-state index in [9.17, 15) is 10.2 Å². The number of benzene rings is 2. The summed E-state index contributed by atoms with van der Waals surface area (Å²) in [6, 6.07) is 8.81. The quantitative estimate of drug-likeness (QED) is 0.673. The highest BCUT2D eigenvalue weighted by Gasteiger charge is 2.17. The molecule has 24 heavy (non-hydrogen) atoms. The average molecular weight is 333 g/mol. The van der Waals surface area contributed by atoms with Crippen molar-refractivity contribution in [2.24, 2.45) is 0 Å². The summed E-state index contributed by atoms with van der Waals surface area (Å²) in [6.45, 7) is 1.77. The summed E-state index contributed by atoms with van der Waals surface area (Å²) in [4.78, 5) is 0. The Hall–Kier alpha value is -2.44. The van der Waals surface area contributed by atoms with Gasteiger partial charge in [0.05, 0.1) is 26.5 Å². The number of anilines is 1. The van der Waals surface area contributed by atoms with E-state index in [1.807, 2.05) is 19.1 Å². The van der Waals surface area contributed by atoms with Crippen molar-refractivity contribution in [3.63, 3.8) is 0 Å². The van der Waals surface area contributed by atoms with Crippen LogP contribution in [-0.4, -0.2) is 31.0 Å². The highest BCUT2D eigenvalue weighted by atomic mass is 16.5. The molecule has 2 aromatic rings. The molecular weight excluding hydrogens is 310 g/mol. The predicted octanol–water partition coefficient (Wildman–Crippen LogP) is 2.20. The minimum atomic E-state index is -0.888. The molecule has 130 valence electrons. The first kappa shape index (κ1) is 17.9. The molecule has 0 aliphatic carbocycles. The lowest BCUT2D eigenvalue weighted by Crippen LogP contribution is -2.12. The van der Waals surface area contributed by atoms with Crippen molar-refractivity contribution in [2.45, 2.75) is 19.6 Å². The number of aliphatic hydroxyl groups is 2. The summed E-state index contributed by atoms with van der Waals surface area (Å²) in [7, 11) is 3.04. The van der Waals surface area contributed by atoms with Gasteiger partial charge in [-0.3, -0.25) is 0 Å². The lowest BCUT2D eigenvalue weighted by molar-refractivity contribution is 0.104. The van der Waals surface area contributed by atoms with Gasteiger partial charge in [-0.1, -0.05) is 11.6 Å². The highest BCUT2D eigenvalue weighted by molar-refractivity contribution is 5.62. The molecule has 4 N–H and O–H groups in total. The second-order valence-corrected chi connectivity index (χ2v) is 5.45. The zero-order valence-corrected chi connectivity index (χ0v) is 14.1. The number of rotatable bonds is 7. The topological polar surface area (TPSA) is 94.2 Å². The van der Waals surface area contributed by atoms with Gasteiger partial charge >= 0.3 is 0 Å². The van der Waals surface area contributed by atoms with E-state index < -0.39 is 6.10 Å². The fourth-order valence-corrected chi connectivity index (χ4v) is 2.45. The molecule has 0 aliphatic heterocycles. The van der Waals surface area contributed by atoms with Crippen LogP contribution in [0.1, 0.15) is 22.8 Å². The maximum Gasteiger partial charge on any atom is 0.184 e. The van der Waals surface area contributed by atoms with Crippen molar-refractivity contribution in [3.8, 4) is 17.2 Å². The molecule has 0 radical (unpaired) electrons. The number of hydrogen-bond donors (Lipinski definition) is 3. The minimum absolute atomic E-state index is 0.0150. The molecule has 0 fully saturated rings. The molecule has 0 saturated carbocycles. The summed E-state index contributed by atoms with van der Waals surface area (Å²) >= 11 is 0. The third-order valence-corrected chi connectivity index (χ3v) is 3.68. The molecule has 0 aliphatic rings. The molecule has 0 bridgehead atoms. The van der Waals surface area contributed by atoms with Crippen LogP contribution >= 0.6 is 0 Å². The summed E-state index contributed by atoms with van der Waals surface area (Å²) < 4.78 is 16.2. The number of nitrogens with two attached hydrogens (primary N) is 1. The second kappa shape index (κ2) is 7.90. The number of methoxy groups -OCH3 is 2. The van der Waals surface area contributed by atoms with Crippen molar-refractivity contribution in [1.29, 1.82) is 0 Å². The first-order chi connectivity index (χ1) is 11.5. The van der Waals surface area contributed by atoms with Crippen LogP contribution in [0.3, 0.4) is 0 Å². The van der Waals surface area contributed by atoms with Gasteiger partial charge in [-0.25, -0.2) is 0 Å². The smallest absolute Gasteiger partial charge is 0.184 e. The Morgan fingerprint density at radius 1 is 1.08 bits per heavy atom. The molecular formula is C18H23NO5. The van der Waals surface area contributed by atoms with E-state index in [-0.39, 0.29) is 13.2 Å². The normalized spacial score (nSPS) is 11.9. The van der Waals surface area contributed by atoms with Crippen LogP contribution in [0.5, 0.6) is 17.2 Å². The molecule has 1 unspecified atom stereocenters. The average Bonchev–Trinajstić information content (AvgIpc) is 2.59. The molecule has 0 saturated heterocycles. The lowest BCUT2D eigenvalue weighted by Gasteiger charge is -2.19. The lowest BCUT2D eigenvalue weighted by atomic mass is 10.1. The van der Waals surface area contributed by atoms with Crippen LogP contribution in [0.15, 0.2) is 30.3 Å². The first-order valence-corrected chi connectivity index (χ1v) is 7.52. The minimum Gasteiger partial charge on any atom is -0.496 e. The number of nitrogen functional groups attached to an aromatic ring is 1. The van der Waals surface area contributed by atoms with Gasteiger partial charge in [0.2, 0.25) is 0 Å². The predicted molar refractivity (Wildman–Crippen MR) is 91.5 cm³/mol. The van der Waals surface area contributed by atoms with Gasteiger partial charge in [-0.2, -0.15) is 0 Å². The summed E-state index contributed by atoms with van der Waals surface area (Å²) in [5.74, 6) is 1.33. The van der Waals surface area contributed by atoms with Crippen molar-refractivity contribution in [2.75, 3.05) is 26.6 Å². The molecule has 1 atom stereocenters. The van der Waals surface area contributed by atoms with Crippen molar-refractivity contribution < 1.29 is 24.4 Å². The number of hydrogen-bond acceptors (Lipinski definition) is 6. The number of aryl methyl sites for hydroxylation is 1. The van der Waals surface area contributed by atoms with Crippen LogP contribution in [0.25, 0.3) is 0 Å². The van der Waals surface area contributed by atoms with Crippen LogP contribution in [0.4, 0.5) is 5.69 Å². The van der Waals surface area contributed by atoms with E-state index >= 15 is 0 Å². The maximum absolute atomic E-state index is 10.4. The fraction of sp³-hybridized carbons (Fsp3) is 0.333. The summed E-state index contributed by atoms with van der Waals surface area (Å²) in [5, 5.41) is 19.7. The third kappa shape index (κ3) is 3.90. The highest BCUT2D eigenvalue weighted by Crippen LogP contribution is 2.36. The molecule has 0 spiro atoms. The van der Waals surface area contributed by atoms with Crippen molar-refractivity contribution in [1.82, 2.24) is 0 Å². The van der Waals surface area contributed by atoms with Crippen LogP contribution in [-0.2, 0) is 6.61 Å². The van der Waals surface area contributed by atoms with E-state index in [0.29, 0.717) is 34.1 Å². The van der Waals surface area contributed by atoms with Crippen LogP contribution in [0, 0.1) is 6.92 Å². The van der Waals surface area contributed by atoms with Gasteiger partial charge in [0.25, 0.3) is 0 Å². The Bertz CT molecular complexity index is 702. The van der Waals surface area contributed by atoms with Gasteiger partial charge < -0.3 is 30.2 Å². The molecule has 0 aromatic heterocycles. The van der Waals surface area contributed by atoms with Gasteiger partial charge in [0.1, 0.15) is 18.5 Å². The van der Waals surface area contributed by atoms with E-state index in [2.05, 4.69) is 0 Å². The molecule has 2 aromatic carbocycles. The molecule has 2 rings (SSSR count). The van der Waals surface area contributed by atoms with Crippen LogP contribution in [0.2, 0.25) is 0 Å². The largest absolute Gasteiger partial charge is 0.496 e. The Morgan fingerprint density at radius 2 is 1.79 bits per heavy atom. The zero-order valence-electron chi connectivity index (χ0n) is 14.1. The summed E-state index contributed by atoms with van der Waals surface area (Å²) in [6.07, 6.45) is -0.888. The van der Waals surface area contributed by atoms with E-state index in [4.69, 9.17) is 19.9 Å². The van der Waals surface area contributed by atoms with Gasteiger partial charge in [0.15, 0.2) is 11.5 Å². The Labute approximate surface area is 141 Å². The van der Waals surface area contributed by atoms with E-state index in [0.717, 1.165) is 5.56 Å². The van der Waals surface area contributed by atoms with Crippen molar-refractivity contribution in [3.05, 3.63) is 47.0 Å². The Kier molecular flexibility index (Phi) is 5.89. The Balaban J connectivity index is 2.20.